The van der Waals surface area contributed by atoms with Crippen LogP contribution in [0.4, 0.5) is 0 Å². The van der Waals surface area contributed by atoms with E-state index in [1.165, 1.54) is 0 Å². The summed E-state index contributed by atoms with van der Waals surface area (Å²) in [6, 6.07) is 0. The predicted octanol–water partition coefficient (Wildman–Crippen LogP) is 1.83. The molecule has 122 valence electrons. The maximum Gasteiger partial charge on any atom is 0.319 e. The van der Waals surface area contributed by atoms with E-state index in [0.29, 0.717) is 25.4 Å². The summed E-state index contributed by atoms with van der Waals surface area (Å²) in [5.74, 6) is -0.997. The Labute approximate surface area is 127 Å². The molecule has 0 aliphatic carbocycles. The minimum atomic E-state index is -0.759. The molecule has 5 nitrogen and oxygen atoms in total. The van der Waals surface area contributed by atoms with Gasteiger partial charge in [0.15, 0.2) is 0 Å². The Kier molecular flexibility index (Phi) is 6.65. The van der Waals surface area contributed by atoms with E-state index in [4.69, 9.17) is 9.84 Å². The molecule has 0 bridgehead atoms. The van der Waals surface area contributed by atoms with E-state index < -0.39 is 17.3 Å². The Morgan fingerprint density at radius 2 is 2.05 bits per heavy atom. The van der Waals surface area contributed by atoms with Crippen molar-refractivity contribution in [3.8, 4) is 0 Å². The van der Waals surface area contributed by atoms with Crippen molar-refractivity contribution >= 4 is 11.9 Å². The zero-order chi connectivity index (χ0) is 16.0. The third kappa shape index (κ3) is 4.99. The lowest BCUT2D eigenvalue weighted by atomic mass is 9.79. The quantitative estimate of drug-likeness (QED) is 0.621. The average molecular weight is 299 g/mol. The van der Waals surface area contributed by atoms with E-state index >= 15 is 0 Å². The molecule has 1 fully saturated rings. The van der Waals surface area contributed by atoms with E-state index in [2.05, 4.69) is 0 Å². The first-order chi connectivity index (χ1) is 9.81. The lowest BCUT2D eigenvalue weighted by Crippen LogP contribution is -2.49. The number of hydrogen-bond donors (Lipinski definition) is 1. The Hall–Kier alpha value is -1.10. The minimum Gasteiger partial charge on any atom is -0.465 e. The Morgan fingerprint density at radius 1 is 1.38 bits per heavy atom. The number of piperidine rings is 1. The number of likely N-dealkylation sites (tertiary alicyclic amines) is 1. The standard InChI is InChI=1S/C16H29NO4/c1-5-21-15(20)13(16(2,3)4)14(19)17-9-6-7-12(11-17)8-10-18/h12-13,18H,5-11H2,1-4H3. The number of aliphatic hydroxyl groups is 1. The number of hydrogen-bond acceptors (Lipinski definition) is 4. The number of ether oxygens (including phenoxy) is 1. The van der Waals surface area contributed by atoms with Crippen molar-refractivity contribution in [1.82, 2.24) is 4.90 Å². The molecule has 1 N–H and O–H groups in total. The number of rotatable bonds is 5. The smallest absolute Gasteiger partial charge is 0.319 e. The van der Waals surface area contributed by atoms with Crippen LogP contribution in [0, 0.1) is 17.3 Å². The topological polar surface area (TPSA) is 66.8 Å². The van der Waals surface area contributed by atoms with Crippen molar-refractivity contribution in [2.75, 3.05) is 26.3 Å². The van der Waals surface area contributed by atoms with Crippen molar-refractivity contribution in [1.29, 1.82) is 0 Å². The summed E-state index contributed by atoms with van der Waals surface area (Å²) >= 11 is 0. The Balaban J connectivity index is 2.82. The van der Waals surface area contributed by atoms with Crippen LogP contribution in [0.15, 0.2) is 0 Å². The molecule has 0 aromatic rings. The van der Waals surface area contributed by atoms with Gasteiger partial charge in [-0.05, 0) is 37.5 Å². The summed E-state index contributed by atoms with van der Waals surface area (Å²) in [4.78, 5) is 26.7. The minimum absolute atomic E-state index is 0.136. The molecule has 1 heterocycles. The Bertz CT molecular complexity index is 360. The molecule has 1 saturated heterocycles. The number of carbonyl (C=O) groups is 2. The van der Waals surface area contributed by atoms with Crippen molar-refractivity contribution in [2.24, 2.45) is 17.3 Å². The Morgan fingerprint density at radius 3 is 2.57 bits per heavy atom. The molecule has 1 rings (SSSR count). The molecule has 2 atom stereocenters. The molecule has 0 aromatic carbocycles. The van der Waals surface area contributed by atoms with Crippen molar-refractivity contribution in [2.45, 2.75) is 47.0 Å². The van der Waals surface area contributed by atoms with Gasteiger partial charge in [0, 0.05) is 19.7 Å². The van der Waals surface area contributed by atoms with Gasteiger partial charge in [0.25, 0.3) is 0 Å². The molecule has 1 aliphatic heterocycles. The van der Waals surface area contributed by atoms with Gasteiger partial charge in [0.1, 0.15) is 5.92 Å². The molecule has 0 spiro atoms. The fourth-order valence-electron chi connectivity index (χ4n) is 2.92. The summed E-state index contributed by atoms with van der Waals surface area (Å²) in [5, 5.41) is 9.06. The van der Waals surface area contributed by atoms with Crippen LogP contribution in [0.2, 0.25) is 0 Å². The second-order valence-corrected chi connectivity index (χ2v) is 6.86. The molecular formula is C16H29NO4. The lowest BCUT2D eigenvalue weighted by Gasteiger charge is -2.37. The average Bonchev–Trinajstić information content (AvgIpc) is 2.38. The van der Waals surface area contributed by atoms with Crippen LogP contribution in [0.5, 0.6) is 0 Å². The second kappa shape index (κ2) is 7.78. The van der Waals surface area contributed by atoms with Gasteiger partial charge < -0.3 is 14.7 Å². The number of nitrogens with zero attached hydrogens (tertiary/aromatic N) is 1. The van der Waals surface area contributed by atoms with Crippen LogP contribution in [-0.2, 0) is 14.3 Å². The molecular weight excluding hydrogens is 270 g/mol. The highest BCUT2D eigenvalue weighted by Gasteiger charge is 2.42. The molecule has 0 saturated carbocycles. The maximum absolute atomic E-state index is 12.8. The summed E-state index contributed by atoms with van der Waals surface area (Å²) in [6.07, 6.45) is 2.67. The van der Waals surface area contributed by atoms with Crippen LogP contribution in [0.1, 0.15) is 47.0 Å². The fraction of sp³-hybridized carbons (Fsp3) is 0.875. The van der Waals surface area contributed by atoms with Gasteiger partial charge in [-0.3, -0.25) is 9.59 Å². The van der Waals surface area contributed by atoms with Crippen molar-refractivity contribution in [3.63, 3.8) is 0 Å². The second-order valence-electron chi connectivity index (χ2n) is 6.86. The van der Waals surface area contributed by atoms with Gasteiger partial charge in [-0.25, -0.2) is 0 Å². The van der Waals surface area contributed by atoms with E-state index in [1.54, 1.807) is 11.8 Å². The van der Waals surface area contributed by atoms with Gasteiger partial charge in [-0.15, -0.1) is 0 Å². The summed E-state index contributed by atoms with van der Waals surface area (Å²) in [7, 11) is 0. The predicted molar refractivity (Wildman–Crippen MR) is 80.6 cm³/mol. The lowest BCUT2D eigenvalue weighted by molar-refractivity contribution is -0.161. The van der Waals surface area contributed by atoms with E-state index in [9.17, 15) is 9.59 Å². The summed E-state index contributed by atoms with van der Waals surface area (Å²) < 4.78 is 5.09. The molecule has 5 heteroatoms. The van der Waals surface area contributed by atoms with E-state index in [0.717, 1.165) is 12.8 Å². The third-order valence-corrected chi connectivity index (χ3v) is 4.00. The largest absolute Gasteiger partial charge is 0.465 e. The van der Waals surface area contributed by atoms with E-state index in [1.807, 2.05) is 20.8 Å². The first-order valence-electron chi connectivity index (χ1n) is 7.87. The number of carbonyl (C=O) groups excluding carboxylic acids is 2. The highest BCUT2D eigenvalue weighted by molar-refractivity contribution is 5.98. The van der Waals surface area contributed by atoms with Gasteiger partial charge in [-0.1, -0.05) is 20.8 Å². The molecule has 1 aliphatic rings. The number of aliphatic hydroxyl groups excluding tert-OH is 1. The highest BCUT2D eigenvalue weighted by atomic mass is 16.5. The zero-order valence-corrected chi connectivity index (χ0v) is 13.7. The molecule has 0 radical (unpaired) electrons. The van der Waals surface area contributed by atoms with Gasteiger partial charge in [0.2, 0.25) is 5.91 Å². The number of esters is 1. The molecule has 0 aromatic heterocycles. The summed E-state index contributed by atoms with van der Waals surface area (Å²) in [5.41, 5.74) is -0.465. The van der Waals surface area contributed by atoms with Crippen molar-refractivity contribution < 1.29 is 19.4 Å². The maximum atomic E-state index is 12.8. The molecule has 1 amide bonds. The third-order valence-electron chi connectivity index (χ3n) is 4.00. The van der Waals surface area contributed by atoms with Gasteiger partial charge in [0.05, 0.1) is 6.61 Å². The van der Waals surface area contributed by atoms with Gasteiger partial charge >= 0.3 is 5.97 Å². The monoisotopic (exact) mass is 299 g/mol. The molecule has 21 heavy (non-hydrogen) atoms. The van der Waals surface area contributed by atoms with Crippen LogP contribution in [0.25, 0.3) is 0 Å². The fourth-order valence-corrected chi connectivity index (χ4v) is 2.92. The van der Waals surface area contributed by atoms with E-state index in [-0.39, 0.29) is 19.1 Å². The van der Waals surface area contributed by atoms with Crippen LogP contribution >= 0.6 is 0 Å². The van der Waals surface area contributed by atoms with Crippen LogP contribution < -0.4 is 0 Å². The van der Waals surface area contributed by atoms with Crippen molar-refractivity contribution in [3.05, 3.63) is 0 Å². The van der Waals surface area contributed by atoms with Gasteiger partial charge in [-0.2, -0.15) is 0 Å². The normalized spacial score (nSPS) is 21.0. The van der Waals surface area contributed by atoms with Crippen LogP contribution in [-0.4, -0.2) is 48.2 Å². The van der Waals surface area contributed by atoms with Crippen LogP contribution in [0.3, 0.4) is 0 Å². The number of amides is 1. The first kappa shape index (κ1) is 18.0. The SMILES string of the molecule is CCOC(=O)C(C(=O)N1CCCC(CCO)C1)C(C)(C)C. The summed E-state index contributed by atoms with van der Waals surface area (Å²) in [6.45, 7) is 9.17. The first-order valence-corrected chi connectivity index (χ1v) is 7.87. The molecule has 2 unspecified atom stereocenters. The highest BCUT2D eigenvalue weighted by Crippen LogP contribution is 2.31. The zero-order valence-electron chi connectivity index (χ0n) is 13.7.